The first-order valence-electron chi connectivity index (χ1n) is 8.60. The number of H-pyrrole nitrogens is 1. The SMILES string of the molecule is O=C(NCc1ncco1)c1cccc(NCc2nc(-c3ccncc3)n[nH]2)c1. The van der Waals surface area contributed by atoms with Crippen LogP contribution in [0.5, 0.6) is 0 Å². The Balaban J connectivity index is 1.36. The molecule has 3 N–H and O–H groups in total. The highest BCUT2D eigenvalue weighted by atomic mass is 16.3. The number of carbonyl (C=O) groups is 1. The van der Waals surface area contributed by atoms with Crippen molar-refractivity contribution in [3.63, 3.8) is 0 Å². The van der Waals surface area contributed by atoms with Crippen LogP contribution in [0, 0.1) is 0 Å². The molecule has 9 nitrogen and oxygen atoms in total. The Kier molecular flexibility index (Phi) is 5.05. The summed E-state index contributed by atoms with van der Waals surface area (Å²) in [7, 11) is 0. The first-order valence-corrected chi connectivity index (χ1v) is 8.60. The van der Waals surface area contributed by atoms with E-state index in [0.29, 0.717) is 29.6 Å². The Morgan fingerprint density at radius 1 is 1.11 bits per heavy atom. The van der Waals surface area contributed by atoms with Gasteiger partial charge in [0.2, 0.25) is 5.89 Å². The third-order valence-corrected chi connectivity index (χ3v) is 3.94. The molecule has 0 bridgehead atoms. The second kappa shape index (κ2) is 8.12. The number of oxazole rings is 1. The van der Waals surface area contributed by atoms with E-state index in [9.17, 15) is 4.79 Å². The van der Waals surface area contributed by atoms with Gasteiger partial charge in [0.05, 0.1) is 19.3 Å². The molecule has 0 unspecified atom stereocenters. The lowest BCUT2D eigenvalue weighted by molar-refractivity contribution is 0.0947. The standard InChI is InChI=1S/C19H17N7O2/c27-19(23-12-17-21-8-9-28-17)14-2-1-3-15(10-14)22-11-16-24-18(26-25-16)13-4-6-20-7-5-13/h1-10,22H,11-12H2,(H,23,27)(H,24,25,26). The van der Waals surface area contributed by atoms with Gasteiger partial charge >= 0.3 is 0 Å². The molecule has 0 atom stereocenters. The molecule has 0 saturated carbocycles. The van der Waals surface area contributed by atoms with E-state index in [-0.39, 0.29) is 12.5 Å². The second-order valence-corrected chi connectivity index (χ2v) is 5.88. The molecule has 0 aliphatic rings. The van der Waals surface area contributed by atoms with Gasteiger partial charge in [-0.05, 0) is 30.3 Å². The van der Waals surface area contributed by atoms with E-state index in [0.717, 1.165) is 11.3 Å². The van der Waals surface area contributed by atoms with Crippen LogP contribution in [0.2, 0.25) is 0 Å². The van der Waals surface area contributed by atoms with Crippen molar-refractivity contribution in [2.24, 2.45) is 0 Å². The Morgan fingerprint density at radius 3 is 2.82 bits per heavy atom. The molecule has 1 amide bonds. The number of anilines is 1. The normalized spacial score (nSPS) is 10.6. The molecule has 4 rings (SSSR count). The highest BCUT2D eigenvalue weighted by molar-refractivity contribution is 5.95. The van der Waals surface area contributed by atoms with E-state index in [2.05, 4.69) is 35.8 Å². The monoisotopic (exact) mass is 375 g/mol. The Bertz CT molecular complexity index is 1050. The average Bonchev–Trinajstić information content (AvgIpc) is 3.43. The first-order chi connectivity index (χ1) is 13.8. The maximum atomic E-state index is 12.3. The molecule has 0 aliphatic carbocycles. The van der Waals surface area contributed by atoms with Gasteiger partial charge in [0.15, 0.2) is 5.82 Å². The molecule has 3 heterocycles. The summed E-state index contributed by atoms with van der Waals surface area (Å²) in [6, 6.07) is 10.9. The molecular formula is C19H17N7O2. The van der Waals surface area contributed by atoms with Gasteiger partial charge in [-0.25, -0.2) is 9.97 Å². The topological polar surface area (TPSA) is 122 Å². The van der Waals surface area contributed by atoms with Gasteiger partial charge in [0, 0.05) is 29.2 Å². The molecule has 0 radical (unpaired) electrons. The lowest BCUT2D eigenvalue weighted by Gasteiger charge is -2.07. The number of pyridine rings is 1. The van der Waals surface area contributed by atoms with Crippen LogP contribution in [0.1, 0.15) is 22.1 Å². The van der Waals surface area contributed by atoms with E-state index in [1.807, 2.05) is 24.3 Å². The summed E-state index contributed by atoms with van der Waals surface area (Å²) in [6.07, 6.45) is 6.40. The van der Waals surface area contributed by atoms with Crippen LogP contribution in [-0.4, -0.2) is 31.1 Å². The predicted octanol–water partition coefficient (Wildman–Crippen LogP) is 2.40. The van der Waals surface area contributed by atoms with Crippen molar-refractivity contribution < 1.29 is 9.21 Å². The molecule has 3 aromatic heterocycles. The molecule has 4 aromatic rings. The highest BCUT2D eigenvalue weighted by Crippen LogP contribution is 2.14. The van der Waals surface area contributed by atoms with Crippen molar-refractivity contribution >= 4 is 11.6 Å². The van der Waals surface area contributed by atoms with Crippen LogP contribution < -0.4 is 10.6 Å². The molecule has 0 saturated heterocycles. The van der Waals surface area contributed by atoms with Gasteiger partial charge in [0.25, 0.3) is 5.91 Å². The number of aromatic nitrogens is 5. The lowest BCUT2D eigenvalue weighted by atomic mass is 10.2. The number of hydrogen-bond acceptors (Lipinski definition) is 7. The molecule has 9 heteroatoms. The van der Waals surface area contributed by atoms with Crippen molar-refractivity contribution in [2.45, 2.75) is 13.1 Å². The van der Waals surface area contributed by atoms with Crippen LogP contribution >= 0.6 is 0 Å². The minimum Gasteiger partial charge on any atom is -0.447 e. The Hall–Kier alpha value is -4.01. The van der Waals surface area contributed by atoms with Gasteiger partial charge in [-0.15, -0.1) is 0 Å². The Labute approximate surface area is 160 Å². The molecule has 1 aromatic carbocycles. The quantitative estimate of drug-likeness (QED) is 0.453. The van der Waals surface area contributed by atoms with Crippen molar-refractivity contribution in [3.05, 3.63) is 78.5 Å². The van der Waals surface area contributed by atoms with E-state index in [1.54, 1.807) is 24.5 Å². The van der Waals surface area contributed by atoms with E-state index < -0.39 is 0 Å². The minimum atomic E-state index is -0.207. The highest BCUT2D eigenvalue weighted by Gasteiger charge is 2.09. The van der Waals surface area contributed by atoms with E-state index in [4.69, 9.17) is 4.42 Å². The zero-order valence-corrected chi connectivity index (χ0v) is 14.8. The van der Waals surface area contributed by atoms with E-state index >= 15 is 0 Å². The van der Waals surface area contributed by atoms with Crippen molar-refractivity contribution in [1.29, 1.82) is 0 Å². The van der Waals surface area contributed by atoms with Crippen LogP contribution in [0.25, 0.3) is 11.4 Å². The number of aromatic amines is 1. The Morgan fingerprint density at radius 2 is 2.00 bits per heavy atom. The smallest absolute Gasteiger partial charge is 0.251 e. The zero-order valence-electron chi connectivity index (χ0n) is 14.8. The zero-order chi connectivity index (χ0) is 19.2. The van der Waals surface area contributed by atoms with Crippen molar-refractivity contribution in [2.75, 3.05) is 5.32 Å². The fraction of sp³-hybridized carbons (Fsp3) is 0.105. The van der Waals surface area contributed by atoms with Gasteiger partial charge in [-0.2, -0.15) is 5.10 Å². The summed E-state index contributed by atoms with van der Waals surface area (Å²) in [5.74, 6) is 1.55. The number of amides is 1. The summed E-state index contributed by atoms with van der Waals surface area (Å²) >= 11 is 0. The van der Waals surface area contributed by atoms with E-state index in [1.165, 1.54) is 12.5 Å². The summed E-state index contributed by atoms with van der Waals surface area (Å²) < 4.78 is 5.11. The molecule has 0 fully saturated rings. The fourth-order valence-electron chi connectivity index (χ4n) is 2.56. The van der Waals surface area contributed by atoms with Crippen LogP contribution in [0.3, 0.4) is 0 Å². The third kappa shape index (κ3) is 4.21. The van der Waals surface area contributed by atoms with Crippen molar-refractivity contribution in [3.8, 4) is 11.4 Å². The maximum absolute atomic E-state index is 12.3. The van der Waals surface area contributed by atoms with Gasteiger partial charge < -0.3 is 15.1 Å². The largest absolute Gasteiger partial charge is 0.447 e. The number of nitrogens with one attached hydrogen (secondary N) is 3. The number of carbonyl (C=O) groups excluding carboxylic acids is 1. The number of nitrogens with zero attached hydrogens (tertiary/aromatic N) is 4. The minimum absolute atomic E-state index is 0.207. The summed E-state index contributed by atoms with van der Waals surface area (Å²) in [5, 5.41) is 13.1. The summed E-state index contributed by atoms with van der Waals surface area (Å²) in [6.45, 7) is 0.679. The molecule has 0 spiro atoms. The maximum Gasteiger partial charge on any atom is 0.251 e. The van der Waals surface area contributed by atoms with Gasteiger partial charge in [0.1, 0.15) is 12.1 Å². The summed E-state index contributed by atoms with van der Waals surface area (Å²) in [5.41, 5.74) is 2.22. The fourth-order valence-corrected chi connectivity index (χ4v) is 2.56. The van der Waals surface area contributed by atoms with Crippen LogP contribution in [0.15, 0.2) is 65.7 Å². The van der Waals surface area contributed by atoms with Crippen LogP contribution in [-0.2, 0) is 13.1 Å². The number of hydrogen-bond donors (Lipinski definition) is 3. The molecule has 140 valence electrons. The lowest BCUT2D eigenvalue weighted by Crippen LogP contribution is -2.23. The predicted molar refractivity (Wildman–Crippen MR) is 101 cm³/mol. The first kappa shape index (κ1) is 17.4. The number of benzene rings is 1. The van der Waals surface area contributed by atoms with Crippen molar-refractivity contribution in [1.82, 2.24) is 30.5 Å². The van der Waals surface area contributed by atoms with Crippen LogP contribution in [0.4, 0.5) is 5.69 Å². The third-order valence-electron chi connectivity index (χ3n) is 3.94. The molecular weight excluding hydrogens is 358 g/mol. The summed E-state index contributed by atoms with van der Waals surface area (Å²) in [4.78, 5) is 24.7. The second-order valence-electron chi connectivity index (χ2n) is 5.88. The average molecular weight is 375 g/mol. The molecule has 28 heavy (non-hydrogen) atoms. The molecule has 0 aliphatic heterocycles. The van der Waals surface area contributed by atoms with Gasteiger partial charge in [-0.1, -0.05) is 6.07 Å². The number of rotatable bonds is 7. The van der Waals surface area contributed by atoms with Gasteiger partial charge in [-0.3, -0.25) is 14.9 Å².